The predicted octanol–water partition coefficient (Wildman–Crippen LogP) is 5.68. The second kappa shape index (κ2) is 11.5. The Kier molecular flexibility index (Phi) is 8.43. The Morgan fingerprint density at radius 2 is 1.78 bits per heavy atom. The van der Waals surface area contributed by atoms with Gasteiger partial charge in [-0.2, -0.15) is 5.26 Å². The first-order valence-electron chi connectivity index (χ1n) is 10.6. The molecule has 0 spiro atoms. The second-order valence-corrected chi connectivity index (χ2v) is 8.38. The fourth-order valence-corrected chi connectivity index (χ4v) is 4.34. The van der Waals surface area contributed by atoms with Gasteiger partial charge in [0.2, 0.25) is 0 Å². The number of hydrogen-bond acceptors (Lipinski definition) is 6. The van der Waals surface area contributed by atoms with E-state index in [1.54, 1.807) is 18.3 Å². The van der Waals surface area contributed by atoms with Gasteiger partial charge in [-0.15, -0.1) is 11.3 Å². The summed E-state index contributed by atoms with van der Waals surface area (Å²) in [5, 5.41) is 8.96. The first-order chi connectivity index (χ1) is 15.5. The van der Waals surface area contributed by atoms with Crippen LogP contribution in [0.5, 0.6) is 5.75 Å². The van der Waals surface area contributed by atoms with Crippen molar-refractivity contribution in [2.75, 3.05) is 13.2 Å². The Balaban J connectivity index is 1.61. The number of thiophene rings is 1. The number of nitriles is 1. The fourth-order valence-electron chi connectivity index (χ4n) is 3.25. The number of carbonyl (C=O) groups excluding carboxylic acids is 1. The molecule has 166 valence electrons. The van der Waals surface area contributed by atoms with Crippen LogP contribution in [0.15, 0.2) is 54.6 Å². The highest BCUT2D eigenvalue weighted by Gasteiger charge is 2.20. The molecule has 0 unspecified atom stereocenters. The van der Waals surface area contributed by atoms with E-state index in [4.69, 9.17) is 19.5 Å². The number of benzene rings is 2. The van der Waals surface area contributed by atoms with Crippen LogP contribution in [0, 0.1) is 18.3 Å². The molecule has 0 N–H and O–H groups in total. The van der Waals surface area contributed by atoms with Crippen molar-refractivity contribution in [3.05, 3.63) is 76.2 Å². The van der Waals surface area contributed by atoms with Crippen LogP contribution in [0.3, 0.4) is 0 Å². The number of nitrogens with zero attached hydrogens (tertiary/aromatic N) is 1. The van der Waals surface area contributed by atoms with Crippen LogP contribution in [0.25, 0.3) is 10.4 Å². The standard InChI is InChI=1S/C26H27NO4S/c1-4-29-23(26(28)30-5-2)15-19-8-12-22(13-9-19)31-17-25-18(3)14-24(32-25)21-10-6-20(16-27)7-11-21/h6-14,23H,4-5,15,17H2,1-3H3/t23-/m0/s1. The average Bonchev–Trinajstić information content (AvgIpc) is 3.19. The van der Waals surface area contributed by atoms with Gasteiger partial charge in [0.05, 0.1) is 18.2 Å². The Labute approximate surface area is 193 Å². The van der Waals surface area contributed by atoms with Gasteiger partial charge >= 0.3 is 5.97 Å². The largest absolute Gasteiger partial charge is 0.488 e. The third kappa shape index (κ3) is 6.19. The average molecular weight is 450 g/mol. The molecular formula is C26H27NO4S. The van der Waals surface area contributed by atoms with E-state index < -0.39 is 6.10 Å². The summed E-state index contributed by atoms with van der Waals surface area (Å²) in [6.45, 7) is 7.00. The molecule has 5 nitrogen and oxygen atoms in total. The van der Waals surface area contributed by atoms with Gasteiger partial charge in [-0.25, -0.2) is 4.79 Å². The molecule has 3 aromatic rings. The molecule has 1 aromatic heterocycles. The van der Waals surface area contributed by atoms with Crippen molar-refractivity contribution in [3.63, 3.8) is 0 Å². The molecule has 0 bridgehead atoms. The molecule has 1 atom stereocenters. The van der Waals surface area contributed by atoms with Crippen LogP contribution in [-0.2, 0) is 27.3 Å². The van der Waals surface area contributed by atoms with Crippen molar-refractivity contribution in [2.24, 2.45) is 0 Å². The summed E-state index contributed by atoms with van der Waals surface area (Å²) >= 11 is 1.69. The third-order valence-corrected chi connectivity index (χ3v) is 6.21. The van der Waals surface area contributed by atoms with E-state index in [9.17, 15) is 4.79 Å². The van der Waals surface area contributed by atoms with Gasteiger partial charge in [0.1, 0.15) is 12.4 Å². The highest BCUT2D eigenvalue weighted by atomic mass is 32.1. The molecule has 0 amide bonds. The third-order valence-electron chi connectivity index (χ3n) is 4.95. The molecule has 0 saturated heterocycles. The highest BCUT2D eigenvalue weighted by molar-refractivity contribution is 7.15. The van der Waals surface area contributed by atoms with Crippen LogP contribution in [0.4, 0.5) is 0 Å². The molecule has 2 aromatic carbocycles. The summed E-state index contributed by atoms with van der Waals surface area (Å²) in [5.74, 6) is 0.437. The van der Waals surface area contributed by atoms with Gasteiger partial charge in [0.15, 0.2) is 6.10 Å². The number of hydrogen-bond donors (Lipinski definition) is 0. The summed E-state index contributed by atoms with van der Waals surface area (Å²) in [6.07, 6.45) is -0.133. The minimum Gasteiger partial charge on any atom is -0.488 e. The van der Waals surface area contributed by atoms with E-state index in [0.717, 1.165) is 26.6 Å². The first-order valence-corrected chi connectivity index (χ1v) is 11.5. The first kappa shape index (κ1) is 23.5. The molecule has 0 saturated carbocycles. The molecule has 0 aliphatic carbocycles. The Morgan fingerprint density at radius 3 is 2.41 bits per heavy atom. The lowest BCUT2D eigenvalue weighted by Gasteiger charge is -2.15. The molecule has 0 radical (unpaired) electrons. The maximum atomic E-state index is 12.0. The van der Waals surface area contributed by atoms with E-state index >= 15 is 0 Å². The number of rotatable bonds is 10. The van der Waals surface area contributed by atoms with Gasteiger partial charge in [0, 0.05) is 22.8 Å². The normalized spacial score (nSPS) is 11.6. The van der Waals surface area contributed by atoms with Gasteiger partial charge in [-0.1, -0.05) is 24.3 Å². The molecule has 3 rings (SSSR count). The van der Waals surface area contributed by atoms with Gasteiger partial charge < -0.3 is 14.2 Å². The van der Waals surface area contributed by atoms with E-state index in [2.05, 4.69) is 19.1 Å². The van der Waals surface area contributed by atoms with E-state index in [-0.39, 0.29) is 5.97 Å². The summed E-state index contributed by atoms with van der Waals surface area (Å²) < 4.78 is 16.6. The fraction of sp³-hybridized carbons (Fsp3) is 0.308. The molecule has 32 heavy (non-hydrogen) atoms. The number of esters is 1. The summed E-state index contributed by atoms with van der Waals surface area (Å²) in [6, 6.07) is 19.6. The summed E-state index contributed by atoms with van der Waals surface area (Å²) in [4.78, 5) is 14.4. The minimum absolute atomic E-state index is 0.332. The van der Waals surface area contributed by atoms with Crippen molar-refractivity contribution in [1.82, 2.24) is 0 Å². The lowest BCUT2D eigenvalue weighted by Crippen LogP contribution is -2.28. The number of aryl methyl sites for hydroxylation is 1. The SMILES string of the molecule is CCOC(=O)[C@H](Cc1ccc(OCc2sc(-c3ccc(C#N)cc3)cc2C)cc1)OCC. The zero-order chi connectivity index (χ0) is 22.9. The quantitative estimate of drug-likeness (QED) is 0.372. The minimum atomic E-state index is -0.596. The van der Waals surface area contributed by atoms with Crippen molar-refractivity contribution in [2.45, 2.75) is 39.9 Å². The number of carbonyl (C=O) groups is 1. The summed E-state index contributed by atoms with van der Waals surface area (Å²) in [5.41, 5.74) is 3.92. The number of ether oxygens (including phenoxy) is 3. The van der Waals surface area contributed by atoms with Crippen LogP contribution in [0.1, 0.15) is 35.4 Å². The summed E-state index contributed by atoms with van der Waals surface area (Å²) in [7, 11) is 0. The van der Waals surface area contributed by atoms with Gasteiger partial charge in [0.25, 0.3) is 0 Å². The van der Waals surface area contributed by atoms with Crippen molar-refractivity contribution < 1.29 is 19.0 Å². The topological polar surface area (TPSA) is 68.5 Å². The smallest absolute Gasteiger partial charge is 0.335 e. The molecule has 0 aliphatic rings. The molecular weight excluding hydrogens is 422 g/mol. The Hall–Kier alpha value is -3.14. The molecule has 6 heteroatoms. The lowest BCUT2D eigenvalue weighted by molar-refractivity contribution is -0.156. The van der Waals surface area contributed by atoms with Crippen LogP contribution < -0.4 is 4.74 Å². The van der Waals surface area contributed by atoms with E-state index in [1.807, 2.05) is 55.5 Å². The van der Waals surface area contributed by atoms with E-state index in [1.165, 1.54) is 5.56 Å². The van der Waals surface area contributed by atoms with Crippen molar-refractivity contribution in [1.29, 1.82) is 5.26 Å². The molecule has 0 fully saturated rings. The Morgan fingerprint density at radius 1 is 1.06 bits per heavy atom. The van der Waals surface area contributed by atoms with Crippen molar-refractivity contribution >= 4 is 17.3 Å². The second-order valence-electron chi connectivity index (χ2n) is 7.24. The van der Waals surface area contributed by atoms with Crippen LogP contribution >= 0.6 is 11.3 Å². The zero-order valence-corrected chi connectivity index (χ0v) is 19.4. The van der Waals surface area contributed by atoms with Crippen LogP contribution in [0.2, 0.25) is 0 Å². The van der Waals surface area contributed by atoms with Gasteiger partial charge in [-0.05, 0) is 67.8 Å². The Bertz CT molecular complexity index is 1060. The molecule has 1 heterocycles. The lowest BCUT2D eigenvalue weighted by atomic mass is 10.1. The van der Waals surface area contributed by atoms with Crippen molar-refractivity contribution in [3.8, 4) is 22.3 Å². The predicted molar refractivity (Wildman–Crippen MR) is 126 cm³/mol. The van der Waals surface area contributed by atoms with Gasteiger partial charge in [-0.3, -0.25) is 0 Å². The molecule has 0 aliphatic heterocycles. The van der Waals surface area contributed by atoms with E-state index in [0.29, 0.717) is 31.8 Å². The maximum absolute atomic E-state index is 12.0. The maximum Gasteiger partial charge on any atom is 0.335 e. The zero-order valence-electron chi connectivity index (χ0n) is 18.6. The highest BCUT2D eigenvalue weighted by Crippen LogP contribution is 2.32. The monoisotopic (exact) mass is 449 g/mol. The van der Waals surface area contributed by atoms with Crippen LogP contribution in [-0.4, -0.2) is 25.3 Å².